The Labute approximate surface area is 128 Å². The van der Waals surface area contributed by atoms with Crippen LogP contribution in [-0.2, 0) is 9.84 Å². The molecule has 0 bridgehead atoms. The molecule has 0 spiro atoms. The fourth-order valence-corrected chi connectivity index (χ4v) is 5.19. The maximum absolute atomic E-state index is 12.3. The third-order valence-electron chi connectivity index (χ3n) is 3.74. The van der Waals surface area contributed by atoms with Crippen LogP contribution in [0, 0.1) is 17.2 Å². The highest BCUT2D eigenvalue weighted by Gasteiger charge is 2.31. The van der Waals surface area contributed by atoms with Crippen LogP contribution in [0.25, 0.3) is 0 Å². The Morgan fingerprint density at radius 1 is 1.57 bits per heavy atom. The van der Waals surface area contributed by atoms with Crippen molar-refractivity contribution in [2.24, 2.45) is 5.92 Å². The first-order valence-corrected chi connectivity index (χ1v) is 9.32. The third kappa shape index (κ3) is 3.00. The van der Waals surface area contributed by atoms with E-state index in [1.165, 1.54) is 0 Å². The van der Waals surface area contributed by atoms with Gasteiger partial charge in [0, 0.05) is 19.7 Å². The van der Waals surface area contributed by atoms with Crippen LogP contribution in [0.2, 0.25) is 0 Å². The molecule has 1 unspecified atom stereocenters. The second-order valence-electron chi connectivity index (χ2n) is 5.13. The summed E-state index contributed by atoms with van der Waals surface area (Å²) in [5.74, 6) is 0.0769. The SMILES string of the molecule is CCS(=O)(=O)c1c(N2CCCC(CO)C2)sc(C#N)c1N. The summed E-state index contributed by atoms with van der Waals surface area (Å²) in [6.07, 6.45) is 1.81. The lowest BCUT2D eigenvalue weighted by atomic mass is 9.99. The second kappa shape index (κ2) is 6.22. The second-order valence-corrected chi connectivity index (χ2v) is 8.35. The van der Waals surface area contributed by atoms with E-state index in [2.05, 4.69) is 0 Å². The average molecular weight is 329 g/mol. The summed E-state index contributed by atoms with van der Waals surface area (Å²) in [5.41, 5.74) is 5.94. The first-order valence-electron chi connectivity index (χ1n) is 6.85. The van der Waals surface area contributed by atoms with E-state index in [0.717, 1.165) is 24.2 Å². The van der Waals surface area contributed by atoms with E-state index < -0.39 is 9.84 Å². The third-order valence-corrected chi connectivity index (χ3v) is 6.83. The minimum atomic E-state index is -3.49. The number of piperidine rings is 1. The van der Waals surface area contributed by atoms with Gasteiger partial charge in [-0.15, -0.1) is 11.3 Å². The lowest BCUT2D eigenvalue weighted by Gasteiger charge is -2.33. The Kier molecular flexibility index (Phi) is 4.76. The van der Waals surface area contributed by atoms with Crippen LogP contribution >= 0.6 is 11.3 Å². The molecule has 6 nitrogen and oxygen atoms in total. The fraction of sp³-hybridized carbons (Fsp3) is 0.615. The van der Waals surface area contributed by atoms with Crippen LogP contribution in [-0.4, -0.2) is 39.0 Å². The minimum absolute atomic E-state index is 0.0525. The van der Waals surface area contributed by atoms with E-state index in [0.29, 0.717) is 18.1 Å². The average Bonchev–Trinajstić information content (AvgIpc) is 2.84. The van der Waals surface area contributed by atoms with Crippen molar-refractivity contribution in [3.63, 3.8) is 0 Å². The molecule has 1 atom stereocenters. The Balaban J connectivity index is 2.51. The summed E-state index contributed by atoms with van der Waals surface area (Å²) in [6, 6.07) is 1.97. The molecule has 0 amide bonds. The molecule has 1 fully saturated rings. The standard InChI is InChI=1S/C13H19N3O3S2/c1-2-21(18,19)12-11(15)10(6-14)20-13(12)16-5-3-4-9(7-16)8-17/h9,17H,2-5,7-8,15H2,1H3. The molecule has 2 rings (SSSR count). The number of hydrogen-bond acceptors (Lipinski definition) is 7. The number of aliphatic hydroxyl groups excluding tert-OH is 1. The van der Waals surface area contributed by atoms with E-state index >= 15 is 0 Å². The van der Waals surface area contributed by atoms with Gasteiger partial charge >= 0.3 is 0 Å². The van der Waals surface area contributed by atoms with Crippen molar-refractivity contribution < 1.29 is 13.5 Å². The van der Waals surface area contributed by atoms with Gasteiger partial charge < -0.3 is 15.7 Å². The number of thiophene rings is 1. The predicted molar refractivity (Wildman–Crippen MR) is 83.2 cm³/mol. The summed E-state index contributed by atoms with van der Waals surface area (Å²) in [4.78, 5) is 2.27. The van der Waals surface area contributed by atoms with Gasteiger partial charge in [-0.1, -0.05) is 6.92 Å². The van der Waals surface area contributed by atoms with Gasteiger partial charge in [0.15, 0.2) is 9.84 Å². The van der Waals surface area contributed by atoms with E-state index in [4.69, 9.17) is 11.0 Å². The van der Waals surface area contributed by atoms with Crippen molar-refractivity contribution in [3.8, 4) is 6.07 Å². The molecule has 8 heteroatoms. The Morgan fingerprint density at radius 2 is 2.29 bits per heavy atom. The van der Waals surface area contributed by atoms with Crippen molar-refractivity contribution >= 4 is 31.9 Å². The van der Waals surface area contributed by atoms with Gasteiger partial charge in [-0.25, -0.2) is 8.42 Å². The number of rotatable bonds is 4. The number of sulfone groups is 1. The zero-order valence-electron chi connectivity index (χ0n) is 11.9. The van der Waals surface area contributed by atoms with Crippen molar-refractivity contribution in [2.75, 3.05) is 36.1 Å². The molecule has 1 aromatic rings. The molecular formula is C13H19N3O3S2. The number of aliphatic hydroxyl groups is 1. The van der Waals surface area contributed by atoms with Crippen LogP contribution < -0.4 is 10.6 Å². The summed E-state index contributed by atoms with van der Waals surface area (Å²) in [5, 5.41) is 19.0. The number of anilines is 2. The molecule has 1 saturated heterocycles. The van der Waals surface area contributed by atoms with Crippen molar-refractivity contribution in [1.82, 2.24) is 0 Å². The maximum Gasteiger partial charge on any atom is 0.183 e. The summed E-state index contributed by atoms with van der Waals surface area (Å²) < 4.78 is 24.6. The van der Waals surface area contributed by atoms with Gasteiger partial charge in [0.05, 0.1) is 11.4 Å². The first kappa shape index (κ1) is 16.1. The first-order chi connectivity index (χ1) is 9.94. The van der Waals surface area contributed by atoms with E-state index in [9.17, 15) is 13.5 Å². The Hall–Kier alpha value is -1.30. The van der Waals surface area contributed by atoms with Crippen molar-refractivity contribution in [2.45, 2.75) is 24.7 Å². The van der Waals surface area contributed by atoms with E-state index in [-0.39, 0.29) is 33.7 Å². The lowest BCUT2D eigenvalue weighted by Crippen LogP contribution is -2.37. The fourth-order valence-electron chi connectivity index (χ4n) is 2.55. The normalized spacial score (nSPS) is 19.5. The molecule has 21 heavy (non-hydrogen) atoms. The highest BCUT2D eigenvalue weighted by Crippen LogP contribution is 2.42. The molecule has 0 aromatic carbocycles. The van der Waals surface area contributed by atoms with Gasteiger partial charge in [0.25, 0.3) is 0 Å². The van der Waals surface area contributed by atoms with Crippen molar-refractivity contribution in [1.29, 1.82) is 5.26 Å². The number of nitrogens with two attached hydrogens (primary N) is 1. The topological polar surface area (TPSA) is 107 Å². The molecular weight excluding hydrogens is 310 g/mol. The van der Waals surface area contributed by atoms with E-state index in [1.807, 2.05) is 11.0 Å². The Morgan fingerprint density at radius 3 is 2.86 bits per heavy atom. The number of hydrogen-bond donors (Lipinski definition) is 2. The van der Waals surface area contributed by atoms with Gasteiger partial charge in [-0.05, 0) is 18.8 Å². The summed E-state index contributed by atoms with van der Waals surface area (Å²) >= 11 is 1.13. The molecule has 0 saturated carbocycles. The molecule has 1 aliphatic rings. The van der Waals surface area contributed by atoms with Crippen LogP contribution in [0.4, 0.5) is 10.7 Å². The zero-order valence-corrected chi connectivity index (χ0v) is 13.5. The predicted octanol–water partition coefficient (Wildman–Crippen LogP) is 1.20. The van der Waals surface area contributed by atoms with Crippen LogP contribution in [0.3, 0.4) is 0 Å². The lowest BCUT2D eigenvalue weighted by molar-refractivity contribution is 0.209. The summed E-state index contributed by atoms with van der Waals surface area (Å²) in [6.45, 7) is 2.95. The molecule has 1 aromatic heterocycles. The molecule has 3 N–H and O–H groups in total. The highest BCUT2D eigenvalue weighted by atomic mass is 32.2. The van der Waals surface area contributed by atoms with Crippen LogP contribution in [0.15, 0.2) is 4.90 Å². The Bertz CT molecular complexity index is 661. The molecule has 2 heterocycles. The van der Waals surface area contributed by atoms with Gasteiger partial charge in [0.2, 0.25) is 0 Å². The summed E-state index contributed by atoms with van der Waals surface area (Å²) in [7, 11) is -3.49. The number of nitrogen functional groups attached to an aromatic ring is 1. The molecule has 1 aliphatic heterocycles. The van der Waals surface area contributed by atoms with Crippen molar-refractivity contribution in [3.05, 3.63) is 4.88 Å². The minimum Gasteiger partial charge on any atom is -0.396 e. The van der Waals surface area contributed by atoms with Crippen LogP contribution in [0.1, 0.15) is 24.6 Å². The van der Waals surface area contributed by atoms with Gasteiger partial charge in [0.1, 0.15) is 20.8 Å². The smallest absolute Gasteiger partial charge is 0.183 e. The quantitative estimate of drug-likeness (QED) is 0.859. The molecule has 0 radical (unpaired) electrons. The monoisotopic (exact) mass is 329 g/mol. The number of nitrogens with zero attached hydrogens (tertiary/aromatic N) is 2. The molecule has 0 aliphatic carbocycles. The van der Waals surface area contributed by atoms with Gasteiger partial charge in [-0.3, -0.25) is 0 Å². The largest absolute Gasteiger partial charge is 0.396 e. The number of nitriles is 1. The van der Waals surface area contributed by atoms with Gasteiger partial charge in [-0.2, -0.15) is 5.26 Å². The zero-order chi connectivity index (χ0) is 15.6. The molecule has 116 valence electrons. The highest BCUT2D eigenvalue weighted by molar-refractivity contribution is 7.91. The van der Waals surface area contributed by atoms with E-state index in [1.54, 1.807) is 6.92 Å². The maximum atomic E-state index is 12.3. The van der Waals surface area contributed by atoms with Crippen LogP contribution in [0.5, 0.6) is 0 Å².